The molecule has 0 aromatic rings. The molecular formula is C55H103NO5. The highest BCUT2D eigenvalue weighted by Gasteiger charge is 2.24. The van der Waals surface area contributed by atoms with Crippen LogP contribution in [-0.2, 0) is 14.3 Å². The van der Waals surface area contributed by atoms with Gasteiger partial charge in [0.25, 0.3) is 0 Å². The molecule has 0 bridgehead atoms. The lowest BCUT2D eigenvalue weighted by Gasteiger charge is -2.24. The van der Waals surface area contributed by atoms with Crippen molar-refractivity contribution in [3.05, 3.63) is 36.5 Å². The van der Waals surface area contributed by atoms with Crippen LogP contribution in [-0.4, -0.2) is 46.9 Å². The van der Waals surface area contributed by atoms with E-state index in [4.69, 9.17) is 4.74 Å². The maximum absolute atomic E-state index is 13.2. The molecule has 0 aliphatic carbocycles. The van der Waals surface area contributed by atoms with Crippen molar-refractivity contribution < 1.29 is 24.5 Å². The van der Waals surface area contributed by atoms with E-state index in [0.29, 0.717) is 19.3 Å². The molecule has 3 atom stereocenters. The van der Waals surface area contributed by atoms with E-state index < -0.39 is 18.2 Å². The number of aliphatic hydroxyl groups excluding tert-OH is 2. The van der Waals surface area contributed by atoms with E-state index >= 15 is 0 Å². The second kappa shape index (κ2) is 49.1. The van der Waals surface area contributed by atoms with Crippen molar-refractivity contribution >= 4 is 11.9 Å². The third-order valence-corrected chi connectivity index (χ3v) is 12.3. The van der Waals surface area contributed by atoms with E-state index in [1.165, 1.54) is 161 Å². The van der Waals surface area contributed by atoms with Gasteiger partial charge < -0.3 is 20.3 Å². The van der Waals surface area contributed by atoms with Gasteiger partial charge in [0.05, 0.1) is 25.2 Å². The first-order valence-electron chi connectivity index (χ1n) is 26.7. The maximum atomic E-state index is 13.2. The summed E-state index contributed by atoms with van der Waals surface area (Å²) in [6, 6.07) is -0.710. The van der Waals surface area contributed by atoms with E-state index in [2.05, 4.69) is 62.5 Å². The smallest absolute Gasteiger partial charge is 0.306 e. The Balaban J connectivity index is 4.57. The Morgan fingerprint density at radius 3 is 1.26 bits per heavy atom. The molecule has 6 heteroatoms. The molecule has 0 radical (unpaired) electrons. The van der Waals surface area contributed by atoms with Gasteiger partial charge in [0, 0.05) is 6.42 Å². The number of aliphatic hydroxyl groups is 2. The molecule has 0 aliphatic rings. The second-order valence-electron chi connectivity index (χ2n) is 18.3. The van der Waals surface area contributed by atoms with Gasteiger partial charge in [0.15, 0.2) is 0 Å². The van der Waals surface area contributed by atoms with Crippen LogP contribution in [0.15, 0.2) is 36.5 Å². The first kappa shape index (κ1) is 59.1. The number of carbonyl (C=O) groups is 2. The minimum Gasteiger partial charge on any atom is -0.462 e. The number of rotatable bonds is 48. The van der Waals surface area contributed by atoms with Crippen LogP contribution in [0, 0.1) is 0 Å². The summed E-state index contributed by atoms with van der Waals surface area (Å²) < 4.78 is 5.91. The average Bonchev–Trinajstić information content (AvgIpc) is 3.25. The molecule has 358 valence electrons. The lowest BCUT2D eigenvalue weighted by molar-refractivity contribution is -0.151. The quantitative estimate of drug-likeness (QED) is 0.0322. The average molecular weight is 858 g/mol. The van der Waals surface area contributed by atoms with Crippen molar-refractivity contribution in [2.45, 2.75) is 296 Å². The van der Waals surface area contributed by atoms with Gasteiger partial charge in [0.1, 0.15) is 6.10 Å². The third kappa shape index (κ3) is 44.5. The van der Waals surface area contributed by atoms with E-state index in [0.717, 1.165) is 70.6 Å². The number of hydrogen-bond acceptors (Lipinski definition) is 5. The molecule has 61 heavy (non-hydrogen) atoms. The van der Waals surface area contributed by atoms with Crippen LogP contribution in [0.4, 0.5) is 0 Å². The first-order chi connectivity index (χ1) is 30.0. The summed E-state index contributed by atoms with van der Waals surface area (Å²) in [5.41, 5.74) is 0. The molecule has 0 spiro atoms. The standard InChI is InChI=1S/C55H103NO5/c1-4-7-10-13-16-19-22-24-26-28-30-32-34-37-40-43-46-51(61-55(60)48-45-42-39-36-21-18-15-12-9-6-3)49-54(59)56-52(50-57)53(58)47-44-41-38-35-33-31-29-27-25-23-20-17-14-11-8-5-2/h22,24,26,28,30,32,51-53,57-58H,4-21,23,25,27,29,31,33-50H2,1-3H3,(H,56,59)/b24-22+,28-26+,32-30+. The number of nitrogens with one attached hydrogen (secondary N) is 1. The van der Waals surface area contributed by atoms with Crippen LogP contribution >= 0.6 is 0 Å². The number of ether oxygens (including phenoxy) is 1. The highest BCUT2D eigenvalue weighted by Crippen LogP contribution is 2.18. The zero-order chi connectivity index (χ0) is 44.5. The Morgan fingerprint density at radius 2 is 0.836 bits per heavy atom. The summed E-state index contributed by atoms with van der Waals surface area (Å²) >= 11 is 0. The van der Waals surface area contributed by atoms with Crippen molar-refractivity contribution in [3.8, 4) is 0 Å². The number of amides is 1. The predicted octanol–water partition coefficient (Wildman–Crippen LogP) is 16.1. The molecule has 0 aromatic carbocycles. The first-order valence-corrected chi connectivity index (χ1v) is 26.7. The zero-order valence-corrected chi connectivity index (χ0v) is 40.8. The van der Waals surface area contributed by atoms with Crippen molar-refractivity contribution in [3.63, 3.8) is 0 Å². The monoisotopic (exact) mass is 858 g/mol. The number of allylic oxidation sites excluding steroid dienone is 6. The molecule has 0 rings (SSSR count). The van der Waals surface area contributed by atoms with E-state index in [1.54, 1.807) is 0 Å². The number of unbranched alkanes of at least 4 members (excludes halogenated alkanes) is 32. The molecule has 0 heterocycles. The molecule has 0 saturated heterocycles. The Bertz CT molecular complexity index is 1010. The normalized spacial score (nSPS) is 13.5. The molecule has 0 aromatic heterocycles. The van der Waals surface area contributed by atoms with Crippen LogP contribution in [0.2, 0.25) is 0 Å². The Labute approximate surface area is 379 Å². The molecule has 6 nitrogen and oxygen atoms in total. The van der Waals surface area contributed by atoms with Gasteiger partial charge in [-0.15, -0.1) is 0 Å². The topological polar surface area (TPSA) is 95.9 Å². The number of carbonyl (C=O) groups excluding carboxylic acids is 2. The number of hydrogen-bond donors (Lipinski definition) is 3. The summed E-state index contributed by atoms with van der Waals surface area (Å²) in [6.45, 7) is 6.47. The van der Waals surface area contributed by atoms with Crippen molar-refractivity contribution in [1.82, 2.24) is 5.32 Å². The minimum absolute atomic E-state index is 0.0585. The van der Waals surface area contributed by atoms with Crippen LogP contribution in [0.25, 0.3) is 0 Å². The van der Waals surface area contributed by atoms with E-state index in [9.17, 15) is 19.8 Å². The van der Waals surface area contributed by atoms with Crippen molar-refractivity contribution in [1.29, 1.82) is 0 Å². The molecule has 0 saturated carbocycles. The largest absolute Gasteiger partial charge is 0.462 e. The minimum atomic E-state index is -0.794. The van der Waals surface area contributed by atoms with E-state index in [1.807, 2.05) is 0 Å². The zero-order valence-electron chi connectivity index (χ0n) is 40.8. The van der Waals surface area contributed by atoms with Gasteiger partial charge in [-0.25, -0.2) is 0 Å². The lowest BCUT2D eigenvalue weighted by atomic mass is 10.0. The highest BCUT2D eigenvalue weighted by atomic mass is 16.5. The van der Waals surface area contributed by atoms with Crippen LogP contribution < -0.4 is 5.32 Å². The van der Waals surface area contributed by atoms with Crippen molar-refractivity contribution in [2.75, 3.05) is 6.61 Å². The molecule has 1 amide bonds. The summed E-state index contributed by atoms with van der Waals surface area (Å²) in [6.07, 6.45) is 57.8. The second-order valence-corrected chi connectivity index (χ2v) is 18.3. The molecule has 0 aliphatic heterocycles. The maximum Gasteiger partial charge on any atom is 0.306 e. The molecular weight excluding hydrogens is 755 g/mol. The fourth-order valence-electron chi connectivity index (χ4n) is 8.20. The predicted molar refractivity (Wildman–Crippen MR) is 264 cm³/mol. The summed E-state index contributed by atoms with van der Waals surface area (Å²) in [4.78, 5) is 26.1. The van der Waals surface area contributed by atoms with Gasteiger partial charge >= 0.3 is 5.97 Å². The summed E-state index contributed by atoms with van der Waals surface area (Å²) in [5.74, 6) is -0.498. The molecule has 3 N–H and O–H groups in total. The fraction of sp³-hybridized carbons (Fsp3) is 0.855. The van der Waals surface area contributed by atoms with Crippen LogP contribution in [0.5, 0.6) is 0 Å². The van der Waals surface area contributed by atoms with Gasteiger partial charge in [-0.1, -0.05) is 250 Å². The lowest BCUT2D eigenvalue weighted by Crippen LogP contribution is -2.46. The SMILES string of the molecule is CCCCCCC/C=C/C=C/C=C/CCCCCC(CC(=O)NC(CO)C(O)CCCCCCCCCCCCCCCCCC)OC(=O)CCCCCCCCCCCC. The molecule has 0 fully saturated rings. The highest BCUT2D eigenvalue weighted by molar-refractivity contribution is 5.77. The van der Waals surface area contributed by atoms with Gasteiger partial charge in [-0.2, -0.15) is 0 Å². The Hall–Kier alpha value is -1.92. The third-order valence-electron chi connectivity index (χ3n) is 12.3. The van der Waals surface area contributed by atoms with Gasteiger partial charge in [-0.3, -0.25) is 9.59 Å². The summed E-state index contributed by atoms with van der Waals surface area (Å²) in [7, 11) is 0. The van der Waals surface area contributed by atoms with Gasteiger partial charge in [0.2, 0.25) is 5.91 Å². The summed E-state index contributed by atoms with van der Waals surface area (Å²) in [5, 5.41) is 23.8. The van der Waals surface area contributed by atoms with E-state index in [-0.39, 0.29) is 24.9 Å². The van der Waals surface area contributed by atoms with Crippen LogP contribution in [0.1, 0.15) is 278 Å². The van der Waals surface area contributed by atoms with Crippen LogP contribution in [0.3, 0.4) is 0 Å². The van der Waals surface area contributed by atoms with Crippen molar-refractivity contribution in [2.24, 2.45) is 0 Å². The Kier molecular flexibility index (Phi) is 47.6. The Morgan fingerprint density at radius 1 is 0.475 bits per heavy atom. The fourth-order valence-corrected chi connectivity index (χ4v) is 8.20. The van der Waals surface area contributed by atoms with Gasteiger partial charge in [-0.05, 0) is 51.4 Å². The molecule has 3 unspecified atom stereocenters. The number of esters is 1.